The molecule has 0 atom stereocenters. The number of carbonyl (C=O) groups excluding carboxylic acids is 1. The fraction of sp³-hybridized carbons (Fsp3) is 0.231. The number of aryl methyl sites for hydroxylation is 1. The van der Waals surface area contributed by atoms with Gasteiger partial charge in [-0.05, 0) is 34.0 Å². The normalized spacial score (nSPS) is 10.3. The Morgan fingerprint density at radius 3 is 2.39 bits per heavy atom. The van der Waals surface area contributed by atoms with Crippen LogP contribution in [-0.2, 0) is 17.8 Å². The molecule has 1 amide bonds. The van der Waals surface area contributed by atoms with Crippen molar-refractivity contribution in [1.82, 2.24) is 9.55 Å². The number of rotatable bonds is 6. The third kappa shape index (κ3) is 3.67. The van der Waals surface area contributed by atoms with Gasteiger partial charge in [-0.2, -0.15) is 4.57 Å². The summed E-state index contributed by atoms with van der Waals surface area (Å²) in [5.41, 5.74) is 1.63. The summed E-state index contributed by atoms with van der Waals surface area (Å²) < 4.78 is 0.827. The van der Waals surface area contributed by atoms with Crippen LogP contribution >= 0.6 is 0 Å². The molecule has 120 valence electrons. The van der Waals surface area contributed by atoms with Gasteiger partial charge in [0.15, 0.2) is 6.54 Å². The van der Waals surface area contributed by atoms with Gasteiger partial charge >= 0.3 is 11.6 Å². The number of hydrogen-bond donors (Lipinski definition) is 1. The molecular weight excluding hydrogens is 306 g/mol. The summed E-state index contributed by atoms with van der Waals surface area (Å²) >= 11 is 0. The summed E-state index contributed by atoms with van der Waals surface area (Å²) in [5, 5.41) is 24.2. The summed E-state index contributed by atoms with van der Waals surface area (Å²) in [5.74, 6) is -2.27. The number of benzene rings is 1. The number of nitrogens with one attached hydrogen (secondary N) is 1. The van der Waals surface area contributed by atoms with Gasteiger partial charge in [0.1, 0.15) is 0 Å². The van der Waals surface area contributed by atoms with Crippen LogP contribution in [0.15, 0.2) is 30.6 Å². The number of nitrogens with zero attached hydrogens (tertiary/aromatic N) is 4. The Bertz CT molecular complexity index is 753. The monoisotopic (exact) mass is 319 g/mol. The molecule has 0 radical (unpaired) electrons. The van der Waals surface area contributed by atoms with Gasteiger partial charge in [0.2, 0.25) is 0 Å². The number of nitro groups is 2. The largest absolute Gasteiger partial charge is 0.462 e. The van der Waals surface area contributed by atoms with Gasteiger partial charge in [-0.1, -0.05) is 19.1 Å². The number of imidazole rings is 1. The standard InChI is InChI=1S/C13H13N5O5/c1-2-9-3-5-10(6-4-9)15-11(19)7-16-8-14-12(17(20)21)13(16)18(22)23/h3-6,8H,2,7H2,1H3,(H,15,19). The Balaban J connectivity index is 2.13. The number of anilines is 1. The molecule has 0 saturated heterocycles. The van der Waals surface area contributed by atoms with Crippen molar-refractivity contribution in [1.29, 1.82) is 0 Å². The minimum atomic E-state index is -0.962. The summed E-state index contributed by atoms with van der Waals surface area (Å²) in [4.78, 5) is 35.0. The number of aromatic nitrogens is 2. The molecule has 0 fully saturated rings. The van der Waals surface area contributed by atoms with Crippen LogP contribution in [0.25, 0.3) is 0 Å². The Kier molecular flexibility index (Phi) is 4.64. The molecule has 0 unspecified atom stereocenters. The smallest absolute Gasteiger partial charge is 0.358 e. The molecule has 0 aliphatic carbocycles. The third-order valence-corrected chi connectivity index (χ3v) is 3.10. The van der Waals surface area contributed by atoms with Crippen LogP contribution in [0, 0.1) is 20.2 Å². The van der Waals surface area contributed by atoms with Crippen LogP contribution in [0.4, 0.5) is 17.3 Å². The molecular formula is C13H13N5O5. The summed E-state index contributed by atoms with van der Waals surface area (Å²) in [6, 6.07) is 7.11. The second-order valence-electron chi connectivity index (χ2n) is 4.63. The van der Waals surface area contributed by atoms with Crippen LogP contribution in [0.2, 0.25) is 0 Å². The van der Waals surface area contributed by atoms with Crippen LogP contribution in [0.5, 0.6) is 0 Å². The first kappa shape index (κ1) is 16.1. The summed E-state index contributed by atoms with van der Waals surface area (Å²) in [6.07, 6.45) is 1.76. The van der Waals surface area contributed by atoms with Crippen molar-refractivity contribution < 1.29 is 14.6 Å². The van der Waals surface area contributed by atoms with E-state index < -0.39 is 33.9 Å². The van der Waals surface area contributed by atoms with Gasteiger partial charge in [-0.25, -0.2) is 0 Å². The van der Waals surface area contributed by atoms with Gasteiger partial charge in [0.05, 0.1) is 0 Å². The highest BCUT2D eigenvalue weighted by Gasteiger charge is 2.33. The topological polar surface area (TPSA) is 133 Å². The highest BCUT2D eigenvalue weighted by molar-refractivity contribution is 5.90. The van der Waals surface area contributed by atoms with E-state index in [0.717, 1.165) is 22.9 Å². The lowest BCUT2D eigenvalue weighted by atomic mass is 10.1. The predicted octanol–water partition coefficient (Wildman–Crippen LogP) is 1.90. The van der Waals surface area contributed by atoms with E-state index in [1.54, 1.807) is 12.1 Å². The first-order valence-corrected chi connectivity index (χ1v) is 6.65. The van der Waals surface area contributed by atoms with Crippen LogP contribution in [0.3, 0.4) is 0 Å². The fourth-order valence-electron chi connectivity index (χ4n) is 1.98. The maximum atomic E-state index is 11.9. The van der Waals surface area contributed by atoms with E-state index in [0.29, 0.717) is 5.69 Å². The maximum Gasteiger partial charge on any atom is 0.462 e. The van der Waals surface area contributed by atoms with Crippen molar-refractivity contribution >= 4 is 23.2 Å². The Labute approximate surface area is 130 Å². The minimum absolute atomic E-state index is 0.452. The van der Waals surface area contributed by atoms with Gasteiger partial charge in [0.25, 0.3) is 12.2 Å². The highest BCUT2D eigenvalue weighted by Crippen LogP contribution is 2.24. The number of hydrogen-bond acceptors (Lipinski definition) is 6. The maximum absolute atomic E-state index is 11.9. The summed E-state index contributed by atoms with van der Waals surface area (Å²) in [7, 11) is 0. The van der Waals surface area contributed by atoms with Crippen LogP contribution < -0.4 is 5.32 Å². The molecule has 10 heteroatoms. The quantitative estimate of drug-likeness (QED) is 0.638. The van der Waals surface area contributed by atoms with Gasteiger partial charge in [0, 0.05) is 10.7 Å². The zero-order valence-corrected chi connectivity index (χ0v) is 12.1. The lowest BCUT2D eigenvalue weighted by Gasteiger charge is -2.05. The highest BCUT2D eigenvalue weighted by atomic mass is 16.6. The molecule has 2 rings (SSSR count). The second-order valence-corrected chi connectivity index (χ2v) is 4.63. The lowest BCUT2D eigenvalue weighted by molar-refractivity contribution is -0.428. The van der Waals surface area contributed by atoms with E-state index in [2.05, 4.69) is 10.3 Å². The molecule has 1 aromatic carbocycles. The van der Waals surface area contributed by atoms with E-state index in [1.165, 1.54) is 0 Å². The van der Waals surface area contributed by atoms with E-state index in [4.69, 9.17) is 0 Å². The van der Waals surface area contributed by atoms with E-state index in [1.807, 2.05) is 19.1 Å². The molecule has 10 nitrogen and oxygen atoms in total. The second kappa shape index (κ2) is 6.64. The Morgan fingerprint density at radius 2 is 1.87 bits per heavy atom. The van der Waals surface area contributed by atoms with Gasteiger partial charge in [-0.15, -0.1) is 0 Å². The number of carbonyl (C=O) groups is 1. The van der Waals surface area contributed by atoms with E-state index >= 15 is 0 Å². The van der Waals surface area contributed by atoms with Crippen molar-refractivity contribution in [2.75, 3.05) is 5.32 Å². The van der Waals surface area contributed by atoms with E-state index in [-0.39, 0.29) is 0 Å². The first-order valence-electron chi connectivity index (χ1n) is 6.65. The third-order valence-electron chi connectivity index (χ3n) is 3.10. The van der Waals surface area contributed by atoms with Crippen molar-refractivity contribution in [3.63, 3.8) is 0 Å². The molecule has 0 bridgehead atoms. The molecule has 0 aliphatic rings. The summed E-state index contributed by atoms with van der Waals surface area (Å²) in [6.45, 7) is 1.55. The Hall–Kier alpha value is -3.30. The van der Waals surface area contributed by atoms with Crippen molar-refractivity contribution in [2.45, 2.75) is 19.9 Å². The minimum Gasteiger partial charge on any atom is -0.358 e. The lowest BCUT2D eigenvalue weighted by Crippen LogP contribution is -2.19. The van der Waals surface area contributed by atoms with E-state index in [9.17, 15) is 25.0 Å². The molecule has 1 heterocycles. The van der Waals surface area contributed by atoms with Gasteiger partial charge in [-0.3, -0.25) is 4.79 Å². The van der Waals surface area contributed by atoms with Gasteiger partial charge < -0.3 is 25.5 Å². The Morgan fingerprint density at radius 1 is 1.22 bits per heavy atom. The fourth-order valence-corrected chi connectivity index (χ4v) is 1.98. The zero-order chi connectivity index (χ0) is 17.0. The first-order chi connectivity index (χ1) is 10.9. The molecule has 0 saturated carbocycles. The van der Waals surface area contributed by atoms with Crippen molar-refractivity contribution in [3.8, 4) is 0 Å². The van der Waals surface area contributed by atoms with Crippen LogP contribution in [-0.4, -0.2) is 25.3 Å². The molecule has 1 N–H and O–H groups in total. The van der Waals surface area contributed by atoms with Crippen molar-refractivity contribution in [3.05, 3.63) is 56.4 Å². The molecule has 1 aromatic heterocycles. The molecule has 2 aromatic rings. The zero-order valence-electron chi connectivity index (χ0n) is 12.1. The average Bonchev–Trinajstić information content (AvgIpc) is 2.92. The average molecular weight is 319 g/mol. The predicted molar refractivity (Wildman–Crippen MR) is 80.0 cm³/mol. The SMILES string of the molecule is CCc1ccc(NC(=O)Cn2cnc([N+](=O)[O-])c2[N+](=O)[O-])cc1. The van der Waals surface area contributed by atoms with Crippen molar-refractivity contribution in [2.24, 2.45) is 0 Å². The molecule has 0 aliphatic heterocycles. The molecule has 23 heavy (non-hydrogen) atoms. The number of amides is 1. The molecule has 0 spiro atoms. The van der Waals surface area contributed by atoms with Crippen LogP contribution in [0.1, 0.15) is 12.5 Å².